The Bertz CT molecular complexity index is 554. The number of ether oxygens (including phenoxy) is 2. The molecule has 1 unspecified atom stereocenters. The minimum absolute atomic E-state index is 0.297. The molecule has 20 heavy (non-hydrogen) atoms. The van der Waals surface area contributed by atoms with Gasteiger partial charge in [-0.2, -0.15) is 0 Å². The van der Waals surface area contributed by atoms with Crippen LogP contribution in [0.15, 0.2) is 35.7 Å². The molecule has 1 aromatic heterocycles. The summed E-state index contributed by atoms with van der Waals surface area (Å²) in [7, 11) is 2.00. The maximum atomic E-state index is 5.77. The molecule has 0 spiro atoms. The standard InChI is InChI=1S/C16H19NO2S/c1-17-14(11-13-4-2-9-20-13)12-5-6-15-16(10-12)19-8-3-7-18-15/h2,4-6,9-10,14,17H,3,7-8,11H2,1H3. The number of nitrogens with one attached hydrogen (secondary N) is 1. The fourth-order valence-electron chi connectivity index (χ4n) is 2.41. The van der Waals surface area contributed by atoms with Crippen molar-refractivity contribution in [3.63, 3.8) is 0 Å². The Morgan fingerprint density at radius 2 is 2.05 bits per heavy atom. The van der Waals surface area contributed by atoms with Gasteiger partial charge in [0.15, 0.2) is 11.5 Å². The highest BCUT2D eigenvalue weighted by Crippen LogP contribution is 2.33. The van der Waals surface area contributed by atoms with Gasteiger partial charge in [-0.25, -0.2) is 0 Å². The second-order valence-electron chi connectivity index (χ2n) is 4.88. The molecule has 2 heterocycles. The first-order valence-corrected chi connectivity index (χ1v) is 7.84. The topological polar surface area (TPSA) is 30.5 Å². The van der Waals surface area contributed by atoms with Crippen molar-refractivity contribution in [1.82, 2.24) is 5.32 Å². The van der Waals surface area contributed by atoms with E-state index in [2.05, 4.69) is 35.0 Å². The molecular formula is C16H19NO2S. The van der Waals surface area contributed by atoms with Gasteiger partial charge < -0.3 is 14.8 Å². The molecule has 0 radical (unpaired) electrons. The Morgan fingerprint density at radius 1 is 1.20 bits per heavy atom. The van der Waals surface area contributed by atoms with Gasteiger partial charge in [0.1, 0.15) is 0 Å². The second kappa shape index (κ2) is 6.29. The molecule has 0 fully saturated rings. The zero-order chi connectivity index (χ0) is 13.8. The lowest BCUT2D eigenvalue weighted by atomic mass is 10.0. The van der Waals surface area contributed by atoms with E-state index >= 15 is 0 Å². The normalized spacial score (nSPS) is 15.7. The van der Waals surface area contributed by atoms with Crippen LogP contribution >= 0.6 is 11.3 Å². The molecule has 0 bridgehead atoms. The molecular weight excluding hydrogens is 270 g/mol. The number of hydrogen-bond donors (Lipinski definition) is 1. The van der Waals surface area contributed by atoms with Crippen molar-refractivity contribution in [2.45, 2.75) is 18.9 Å². The van der Waals surface area contributed by atoms with E-state index in [0.29, 0.717) is 6.04 Å². The molecule has 1 aromatic carbocycles. The average Bonchev–Trinajstić information content (AvgIpc) is 2.87. The molecule has 1 atom stereocenters. The van der Waals surface area contributed by atoms with Crippen LogP contribution in [0.25, 0.3) is 0 Å². The van der Waals surface area contributed by atoms with Gasteiger partial charge in [-0.3, -0.25) is 0 Å². The van der Waals surface area contributed by atoms with E-state index in [1.807, 2.05) is 13.1 Å². The average molecular weight is 289 g/mol. The molecule has 106 valence electrons. The lowest BCUT2D eigenvalue weighted by molar-refractivity contribution is 0.297. The number of rotatable bonds is 4. The lowest BCUT2D eigenvalue weighted by Gasteiger charge is -2.17. The largest absolute Gasteiger partial charge is 0.490 e. The zero-order valence-corrected chi connectivity index (χ0v) is 12.4. The van der Waals surface area contributed by atoms with Crippen LogP contribution in [0.1, 0.15) is 22.9 Å². The summed E-state index contributed by atoms with van der Waals surface area (Å²) in [6.07, 6.45) is 1.93. The molecule has 1 aliphatic heterocycles. The molecule has 2 aromatic rings. The zero-order valence-electron chi connectivity index (χ0n) is 11.6. The van der Waals surface area contributed by atoms with Crippen LogP contribution < -0.4 is 14.8 Å². The summed E-state index contributed by atoms with van der Waals surface area (Å²) in [5.41, 5.74) is 1.24. The van der Waals surface area contributed by atoms with E-state index in [1.54, 1.807) is 11.3 Å². The summed E-state index contributed by atoms with van der Waals surface area (Å²) in [6, 6.07) is 10.8. The predicted octanol–water partition coefficient (Wildman–Crippen LogP) is 3.41. The summed E-state index contributed by atoms with van der Waals surface area (Å²) in [5, 5.41) is 5.51. The van der Waals surface area contributed by atoms with Crippen molar-refractivity contribution in [2.75, 3.05) is 20.3 Å². The number of benzene rings is 1. The fourth-order valence-corrected chi connectivity index (χ4v) is 3.17. The number of thiophene rings is 1. The SMILES string of the molecule is CNC(Cc1cccs1)c1ccc2c(c1)OCCCO2. The van der Waals surface area contributed by atoms with Crippen molar-refractivity contribution in [3.8, 4) is 11.5 Å². The van der Waals surface area contributed by atoms with Crippen molar-refractivity contribution >= 4 is 11.3 Å². The summed E-state index contributed by atoms with van der Waals surface area (Å²) in [6.45, 7) is 1.46. The predicted molar refractivity (Wildman–Crippen MR) is 81.9 cm³/mol. The van der Waals surface area contributed by atoms with Crippen LogP contribution in [0.4, 0.5) is 0 Å². The Hall–Kier alpha value is -1.52. The minimum Gasteiger partial charge on any atom is -0.490 e. The quantitative estimate of drug-likeness (QED) is 0.935. The van der Waals surface area contributed by atoms with Gasteiger partial charge in [-0.05, 0) is 36.2 Å². The van der Waals surface area contributed by atoms with Crippen LogP contribution in [-0.4, -0.2) is 20.3 Å². The number of fused-ring (bicyclic) bond motifs is 1. The number of hydrogen-bond acceptors (Lipinski definition) is 4. The molecule has 4 heteroatoms. The second-order valence-corrected chi connectivity index (χ2v) is 5.91. The fraction of sp³-hybridized carbons (Fsp3) is 0.375. The highest BCUT2D eigenvalue weighted by Gasteiger charge is 2.16. The van der Waals surface area contributed by atoms with Gasteiger partial charge in [0.05, 0.1) is 13.2 Å². The number of likely N-dealkylation sites (N-methyl/N-ethyl adjacent to an activating group) is 1. The van der Waals surface area contributed by atoms with Crippen molar-refractivity contribution in [3.05, 3.63) is 46.2 Å². The van der Waals surface area contributed by atoms with Crippen LogP contribution in [0, 0.1) is 0 Å². The first-order chi connectivity index (χ1) is 9.86. The van der Waals surface area contributed by atoms with Crippen LogP contribution in [0.5, 0.6) is 11.5 Å². The summed E-state index contributed by atoms with van der Waals surface area (Å²) >= 11 is 1.80. The van der Waals surface area contributed by atoms with Crippen LogP contribution in [0.2, 0.25) is 0 Å². The van der Waals surface area contributed by atoms with Gasteiger partial charge in [-0.1, -0.05) is 12.1 Å². The van der Waals surface area contributed by atoms with Gasteiger partial charge in [0, 0.05) is 23.8 Å². The van der Waals surface area contributed by atoms with E-state index in [9.17, 15) is 0 Å². The van der Waals surface area contributed by atoms with E-state index in [4.69, 9.17) is 9.47 Å². The molecule has 0 amide bonds. The third-order valence-electron chi connectivity index (χ3n) is 3.51. The van der Waals surface area contributed by atoms with E-state index < -0.39 is 0 Å². The molecule has 1 N–H and O–H groups in total. The van der Waals surface area contributed by atoms with E-state index in [-0.39, 0.29) is 0 Å². The smallest absolute Gasteiger partial charge is 0.161 e. The minimum atomic E-state index is 0.297. The maximum Gasteiger partial charge on any atom is 0.161 e. The van der Waals surface area contributed by atoms with E-state index in [0.717, 1.165) is 37.6 Å². The molecule has 0 aliphatic carbocycles. The third-order valence-corrected chi connectivity index (χ3v) is 4.41. The van der Waals surface area contributed by atoms with Gasteiger partial charge in [0.25, 0.3) is 0 Å². The molecule has 3 nitrogen and oxygen atoms in total. The highest BCUT2D eigenvalue weighted by atomic mass is 32.1. The first-order valence-electron chi connectivity index (χ1n) is 6.96. The van der Waals surface area contributed by atoms with Crippen LogP contribution in [0.3, 0.4) is 0 Å². The Morgan fingerprint density at radius 3 is 2.80 bits per heavy atom. The Balaban J connectivity index is 1.82. The monoisotopic (exact) mass is 289 g/mol. The van der Waals surface area contributed by atoms with Crippen molar-refractivity contribution in [2.24, 2.45) is 0 Å². The van der Waals surface area contributed by atoms with Crippen molar-refractivity contribution in [1.29, 1.82) is 0 Å². The summed E-state index contributed by atoms with van der Waals surface area (Å²) in [4.78, 5) is 1.39. The molecule has 1 aliphatic rings. The van der Waals surface area contributed by atoms with Gasteiger partial charge in [-0.15, -0.1) is 11.3 Å². The highest BCUT2D eigenvalue weighted by molar-refractivity contribution is 7.09. The van der Waals surface area contributed by atoms with Crippen molar-refractivity contribution < 1.29 is 9.47 Å². The summed E-state index contributed by atoms with van der Waals surface area (Å²) < 4.78 is 11.4. The molecule has 0 saturated carbocycles. The third kappa shape index (κ3) is 2.97. The molecule has 3 rings (SSSR count). The summed E-state index contributed by atoms with van der Waals surface area (Å²) in [5.74, 6) is 1.73. The first kappa shape index (κ1) is 13.5. The molecule has 0 saturated heterocycles. The van der Waals surface area contributed by atoms with Gasteiger partial charge >= 0.3 is 0 Å². The Kier molecular flexibility index (Phi) is 4.23. The maximum absolute atomic E-state index is 5.77. The Labute approximate surface area is 123 Å². The van der Waals surface area contributed by atoms with Gasteiger partial charge in [0.2, 0.25) is 0 Å². The van der Waals surface area contributed by atoms with E-state index in [1.165, 1.54) is 10.4 Å². The van der Waals surface area contributed by atoms with Crippen LogP contribution in [-0.2, 0) is 6.42 Å². The lowest BCUT2D eigenvalue weighted by Crippen LogP contribution is -2.18.